The van der Waals surface area contributed by atoms with Gasteiger partial charge in [0.2, 0.25) is 0 Å². The molecule has 0 fully saturated rings. The Labute approximate surface area is 205 Å². The highest BCUT2D eigenvalue weighted by molar-refractivity contribution is 6.32. The second kappa shape index (κ2) is 13.0. The minimum Gasteiger partial charge on any atom is -0.375 e. The molecule has 172 valence electrons. The second-order valence-corrected chi connectivity index (χ2v) is 7.81. The van der Waals surface area contributed by atoms with Crippen molar-refractivity contribution in [3.8, 4) is 0 Å². The van der Waals surface area contributed by atoms with Gasteiger partial charge in [0.25, 0.3) is 0 Å². The topological polar surface area (TPSA) is 7.12 Å². The molecule has 0 unspecified atom stereocenters. The molecule has 0 bridgehead atoms. The molecule has 0 saturated carbocycles. The van der Waals surface area contributed by atoms with Gasteiger partial charge in [-0.25, -0.2) is 10.0 Å². The highest BCUT2D eigenvalue weighted by Gasteiger charge is 1.97. The Bertz CT molecular complexity index is 1180. The van der Waals surface area contributed by atoms with E-state index < -0.39 is 0 Å². The zero-order chi connectivity index (χ0) is 24.2. The molecule has 0 aliphatic heterocycles. The number of anilines is 1. The molecule has 3 heteroatoms. The van der Waals surface area contributed by atoms with Crippen LogP contribution in [-0.4, -0.2) is 21.4 Å². The van der Waals surface area contributed by atoms with Crippen molar-refractivity contribution in [3.63, 3.8) is 0 Å². The smallest absolute Gasteiger partial charge is 0.169 e. The number of aromatic nitrogens is 1. The highest BCUT2D eigenvalue weighted by atomic mass is 15.1. The van der Waals surface area contributed by atoms with Crippen molar-refractivity contribution in [1.82, 2.24) is 0 Å². The molecule has 4 aromatic rings. The Hall–Kier alpha value is -3.85. The molecule has 0 aliphatic rings. The van der Waals surface area contributed by atoms with E-state index in [1.54, 1.807) is 5.46 Å². The van der Waals surface area contributed by atoms with Crippen LogP contribution in [0.2, 0.25) is 0 Å². The molecule has 2 nitrogen and oxygen atoms in total. The third-order valence-corrected chi connectivity index (χ3v) is 5.29. The minimum absolute atomic E-state index is 0.446. The van der Waals surface area contributed by atoms with Crippen LogP contribution in [0.4, 0.5) is 5.69 Å². The summed E-state index contributed by atoms with van der Waals surface area (Å²) in [6.45, 7) is 3.17. The molecule has 4 rings (SSSR count). The molecule has 0 amide bonds. The SMILES string of the molecule is CCN(C)c1ccc(/C=C/c2ccc(/C=C/c3cc[n+](C)cc3)cc2)cc1.[BH3-]c1ccccc1. The van der Waals surface area contributed by atoms with Crippen molar-refractivity contribution < 1.29 is 4.57 Å². The van der Waals surface area contributed by atoms with Crippen molar-refractivity contribution >= 4 is 43.3 Å². The summed E-state index contributed by atoms with van der Waals surface area (Å²) in [6, 6.07) is 32.1. The van der Waals surface area contributed by atoms with Crippen molar-refractivity contribution in [1.29, 1.82) is 0 Å². The molecule has 0 radical (unpaired) electrons. The number of hydrogen-bond donors (Lipinski definition) is 0. The van der Waals surface area contributed by atoms with Crippen LogP contribution in [0.1, 0.15) is 29.2 Å². The van der Waals surface area contributed by atoms with Crippen LogP contribution in [-0.2, 0) is 7.05 Å². The predicted molar refractivity (Wildman–Crippen MR) is 153 cm³/mol. The van der Waals surface area contributed by atoms with E-state index in [4.69, 9.17) is 0 Å². The lowest BCUT2D eigenvalue weighted by molar-refractivity contribution is -0.671. The predicted octanol–water partition coefficient (Wildman–Crippen LogP) is 4.99. The van der Waals surface area contributed by atoms with Crippen molar-refractivity contribution in [2.45, 2.75) is 6.92 Å². The number of hydrogen-bond acceptors (Lipinski definition) is 1. The van der Waals surface area contributed by atoms with E-state index in [2.05, 4.69) is 147 Å². The van der Waals surface area contributed by atoms with E-state index in [9.17, 15) is 0 Å². The van der Waals surface area contributed by atoms with Gasteiger partial charge in [-0.05, 0) is 49.2 Å². The molecule has 34 heavy (non-hydrogen) atoms. The van der Waals surface area contributed by atoms with Crippen LogP contribution in [0.25, 0.3) is 24.3 Å². The number of pyridine rings is 1. The van der Waals surface area contributed by atoms with E-state index in [0.717, 1.165) is 6.54 Å². The van der Waals surface area contributed by atoms with Crippen LogP contribution in [0.15, 0.2) is 103 Å². The summed E-state index contributed by atoms with van der Waals surface area (Å²) in [6.07, 6.45) is 12.7. The monoisotopic (exact) mass is 446 g/mol. The van der Waals surface area contributed by atoms with E-state index >= 15 is 0 Å². The Balaban J connectivity index is 0.000000396. The molecule has 0 saturated heterocycles. The zero-order valence-corrected chi connectivity index (χ0v) is 19.7. The second-order valence-electron chi connectivity index (χ2n) is 7.81. The first-order valence-electron chi connectivity index (χ1n) is 11.3. The van der Waals surface area contributed by atoms with Crippen molar-refractivity contribution in [3.05, 3.63) is 126 Å². The van der Waals surface area contributed by atoms with Gasteiger partial charge in [-0.15, -0.1) is 0 Å². The Morgan fingerprint density at radius 1 is 0.647 bits per heavy atom. The molecule has 0 N–H and O–H groups in total. The van der Waals surface area contributed by atoms with Crippen LogP contribution in [0.3, 0.4) is 0 Å². The molecule has 0 atom stereocenters. The molecule has 1 aromatic heterocycles. The van der Waals surface area contributed by atoms with Gasteiger partial charge in [0.1, 0.15) is 7.05 Å². The average Bonchev–Trinajstić information content (AvgIpc) is 2.88. The van der Waals surface area contributed by atoms with Gasteiger partial charge < -0.3 is 4.90 Å². The fraction of sp³-hybridized carbons (Fsp3) is 0.129. The quantitative estimate of drug-likeness (QED) is 0.230. The van der Waals surface area contributed by atoms with Gasteiger partial charge >= 0.3 is 0 Å². The van der Waals surface area contributed by atoms with E-state index in [1.807, 2.05) is 11.6 Å². The van der Waals surface area contributed by atoms with E-state index in [0.29, 0.717) is 7.85 Å². The van der Waals surface area contributed by atoms with Crippen LogP contribution >= 0.6 is 0 Å². The summed E-state index contributed by atoms with van der Waals surface area (Å²) >= 11 is 0. The lowest BCUT2D eigenvalue weighted by Crippen LogP contribution is -2.25. The van der Waals surface area contributed by atoms with Crippen LogP contribution in [0.5, 0.6) is 0 Å². The maximum absolute atomic E-state index is 2.23. The average molecular weight is 446 g/mol. The lowest BCUT2D eigenvalue weighted by Gasteiger charge is -2.16. The third-order valence-electron chi connectivity index (χ3n) is 5.29. The first kappa shape index (κ1) is 24.8. The first-order chi connectivity index (χ1) is 16.5. The fourth-order valence-corrected chi connectivity index (χ4v) is 3.09. The minimum atomic E-state index is 0.446. The Morgan fingerprint density at radius 2 is 1.06 bits per heavy atom. The maximum Gasteiger partial charge on any atom is 0.169 e. The summed E-state index contributed by atoms with van der Waals surface area (Å²) in [4.78, 5) is 2.23. The largest absolute Gasteiger partial charge is 0.375 e. The molecule has 3 aromatic carbocycles. The molecule has 0 aliphatic carbocycles. The van der Waals surface area contributed by atoms with Gasteiger partial charge in [-0.1, -0.05) is 91.0 Å². The molecular weight excluding hydrogens is 411 g/mol. The van der Waals surface area contributed by atoms with Crippen molar-refractivity contribution in [2.24, 2.45) is 7.05 Å². The highest BCUT2D eigenvalue weighted by Crippen LogP contribution is 2.16. The van der Waals surface area contributed by atoms with Gasteiger partial charge in [0.15, 0.2) is 12.4 Å². The standard InChI is InChI=1S/C25H27N2.C6H8B/c1-4-27(3)25-15-13-23(14-16-25)10-9-21-5-7-22(8-6-21)11-12-24-17-19-26(2)20-18-24;7-6-4-2-1-3-5-6/h5-20H,4H2,1-3H3;1-5H,7H3/q+1;-1. The molecular formula is C31H35BN2. The van der Waals surface area contributed by atoms with Gasteiger partial charge in [0.05, 0.1) is 0 Å². The van der Waals surface area contributed by atoms with Crippen LogP contribution in [0, 0.1) is 0 Å². The van der Waals surface area contributed by atoms with Gasteiger partial charge in [0, 0.05) is 31.4 Å². The Kier molecular flexibility index (Phi) is 9.48. The lowest BCUT2D eigenvalue weighted by atomic mass is 9.97. The van der Waals surface area contributed by atoms with Gasteiger partial charge in [-0.2, -0.15) is 0 Å². The van der Waals surface area contributed by atoms with E-state index in [-0.39, 0.29) is 0 Å². The molecule has 1 heterocycles. The third kappa shape index (κ3) is 8.25. The number of rotatable bonds is 6. The molecule has 0 spiro atoms. The zero-order valence-electron chi connectivity index (χ0n) is 19.7. The van der Waals surface area contributed by atoms with Gasteiger partial charge in [-0.3, -0.25) is 0 Å². The summed E-state index contributed by atoms with van der Waals surface area (Å²) in [5.41, 5.74) is 7.64. The number of aryl methyl sites for hydroxylation is 1. The first-order valence-corrected chi connectivity index (χ1v) is 11.3. The summed E-state index contributed by atoms with van der Waals surface area (Å²) < 4.78 is 2.04. The number of benzene rings is 3. The maximum atomic E-state index is 2.23. The van der Waals surface area contributed by atoms with Crippen LogP contribution < -0.4 is 14.9 Å². The van der Waals surface area contributed by atoms with E-state index in [1.165, 1.54) is 27.9 Å². The summed E-state index contributed by atoms with van der Waals surface area (Å²) in [5.74, 6) is 0. The van der Waals surface area contributed by atoms with Crippen molar-refractivity contribution in [2.75, 3.05) is 18.5 Å². The fourth-order valence-electron chi connectivity index (χ4n) is 3.09. The normalized spacial score (nSPS) is 10.8. The number of nitrogens with zero attached hydrogens (tertiary/aromatic N) is 2. The summed E-state index contributed by atoms with van der Waals surface area (Å²) in [7, 11) is 4.58. The Morgan fingerprint density at radius 3 is 1.44 bits per heavy atom. The summed E-state index contributed by atoms with van der Waals surface area (Å²) in [5, 5.41) is 0.